The summed E-state index contributed by atoms with van der Waals surface area (Å²) in [6, 6.07) is 15.4. The van der Waals surface area contributed by atoms with Gasteiger partial charge in [0.05, 0.1) is 22.9 Å². The summed E-state index contributed by atoms with van der Waals surface area (Å²) < 4.78 is 5.57. The van der Waals surface area contributed by atoms with Crippen LogP contribution < -0.4 is 15.6 Å². The van der Waals surface area contributed by atoms with Gasteiger partial charge in [0.1, 0.15) is 10.6 Å². The highest BCUT2D eigenvalue weighted by atomic mass is 32.2. The number of aromatic nitrogens is 2. The second-order valence-corrected chi connectivity index (χ2v) is 9.43. The van der Waals surface area contributed by atoms with E-state index < -0.39 is 5.25 Å². The van der Waals surface area contributed by atoms with Crippen molar-refractivity contribution >= 4 is 44.9 Å². The molecule has 0 saturated heterocycles. The van der Waals surface area contributed by atoms with Crippen LogP contribution in [0.2, 0.25) is 0 Å². The Balaban J connectivity index is 1.54. The van der Waals surface area contributed by atoms with E-state index in [4.69, 9.17) is 4.74 Å². The van der Waals surface area contributed by atoms with Crippen LogP contribution in [0, 0.1) is 6.92 Å². The second kappa shape index (κ2) is 9.58. The lowest BCUT2D eigenvalue weighted by atomic mass is 10.1. The summed E-state index contributed by atoms with van der Waals surface area (Å²) in [4.78, 5) is 33.7. The zero-order chi connectivity index (χ0) is 22.7. The van der Waals surface area contributed by atoms with Gasteiger partial charge < -0.3 is 15.0 Å². The number of thioether (sulfide) groups is 1. The summed E-state index contributed by atoms with van der Waals surface area (Å²) in [5.41, 5.74) is 3.42. The van der Waals surface area contributed by atoms with Crippen molar-refractivity contribution in [1.29, 1.82) is 0 Å². The fourth-order valence-electron chi connectivity index (χ4n) is 3.24. The normalized spacial score (nSPS) is 12.0. The molecular formula is C24H23N3O3S2. The van der Waals surface area contributed by atoms with E-state index in [9.17, 15) is 9.59 Å². The van der Waals surface area contributed by atoms with Crippen LogP contribution in [0.1, 0.15) is 19.4 Å². The van der Waals surface area contributed by atoms with E-state index in [0.29, 0.717) is 33.4 Å². The lowest BCUT2D eigenvalue weighted by Gasteiger charge is -2.14. The number of nitrogens with zero attached hydrogens (tertiary/aromatic N) is 1. The minimum atomic E-state index is -0.471. The number of nitrogens with one attached hydrogen (secondary N) is 2. The number of carbonyl (C=O) groups excluding carboxylic acids is 1. The van der Waals surface area contributed by atoms with Gasteiger partial charge in [0.2, 0.25) is 5.91 Å². The van der Waals surface area contributed by atoms with E-state index in [-0.39, 0.29) is 11.5 Å². The SMILES string of the molecule is CCOc1ccccc1NC(=O)C(C)Sc1nc2scc(-c3ccc(C)cc3)c2c(=O)[nH]1. The van der Waals surface area contributed by atoms with Crippen LogP contribution in [0.25, 0.3) is 21.3 Å². The highest BCUT2D eigenvalue weighted by Crippen LogP contribution is 2.32. The molecule has 8 heteroatoms. The molecule has 0 saturated carbocycles. The summed E-state index contributed by atoms with van der Waals surface area (Å²) >= 11 is 2.64. The van der Waals surface area contributed by atoms with E-state index in [1.165, 1.54) is 23.1 Å². The molecule has 1 unspecified atom stereocenters. The molecular weight excluding hydrogens is 442 g/mol. The summed E-state index contributed by atoms with van der Waals surface area (Å²) in [5.74, 6) is 0.423. The number of aryl methyl sites for hydroxylation is 1. The number of thiophene rings is 1. The lowest BCUT2D eigenvalue weighted by Crippen LogP contribution is -2.23. The van der Waals surface area contributed by atoms with Crippen molar-refractivity contribution in [2.75, 3.05) is 11.9 Å². The van der Waals surface area contributed by atoms with Gasteiger partial charge in [-0.05, 0) is 38.5 Å². The molecule has 6 nitrogen and oxygen atoms in total. The van der Waals surface area contributed by atoms with Gasteiger partial charge >= 0.3 is 0 Å². The molecule has 0 radical (unpaired) electrons. The predicted octanol–water partition coefficient (Wildman–Crippen LogP) is 5.48. The number of aromatic amines is 1. The topological polar surface area (TPSA) is 84.1 Å². The number of benzene rings is 2. The monoisotopic (exact) mass is 465 g/mol. The number of hydrogen-bond donors (Lipinski definition) is 2. The summed E-state index contributed by atoms with van der Waals surface area (Å²) in [6.45, 7) is 6.21. The van der Waals surface area contributed by atoms with Crippen molar-refractivity contribution in [3.8, 4) is 16.9 Å². The Morgan fingerprint density at radius 3 is 2.72 bits per heavy atom. The van der Waals surface area contributed by atoms with Gasteiger partial charge in [0.25, 0.3) is 5.56 Å². The van der Waals surface area contributed by atoms with Crippen LogP contribution in [-0.2, 0) is 4.79 Å². The first-order valence-electron chi connectivity index (χ1n) is 10.2. The first-order valence-corrected chi connectivity index (χ1v) is 12.0. The third-order valence-corrected chi connectivity index (χ3v) is 6.74. The highest BCUT2D eigenvalue weighted by Gasteiger charge is 2.19. The molecule has 2 heterocycles. The van der Waals surface area contributed by atoms with Crippen molar-refractivity contribution in [1.82, 2.24) is 9.97 Å². The van der Waals surface area contributed by atoms with E-state index in [1.807, 2.05) is 61.7 Å². The van der Waals surface area contributed by atoms with Crippen LogP contribution in [-0.4, -0.2) is 27.7 Å². The zero-order valence-electron chi connectivity index (χ0n) is 18.0. The van der Waals surface area contributed by atoms with E-state index >= 15 is 0 Å². The van der Waals surface area contributed by atoms with Crippen molar-refractivity contribution < 1.29 is 9.53 Å². The van der Waals surface area contributed by atoms with Crippen LogP contribution >= 0.6 is 23.1 Å². The number of fused-ring (bicyclic) bond motifs is 1. The molecule has 32 heavy (non-hydrogen) atoms. The smallest absolute Gasteiger partial charge is 0.260 e. The molecule has 0 aliphatic carbocycles. The third kappa shape index (κ3) is 4.71. The Hall–Kier alpha value is -3.10. The van der Waals surface area contributed by atoms with Crippen LogP contribution in [0.4, 0.5) is 5.69 Å². The van der Waals surface area contributed by atoms with Gasteiger partial charge in [0.15, 0.2) is 5.16 Å². The number of para-hydroxylation sites is 2. The number of ether oxygens (including phenoxy) is 1. The van der Waals surface area contributed by atoms with E-state index in [2.05, 4.69) is 15.3 Å². The maximum absolute atomic E-state index is 12.9. The van der Waals surface area contributed by atoms with Crippen LogP contribution in [0.3, 0.4) is 0 Å². The molecule has 1 amide bonds. The first kappa shape index (κ1) is 22.1. The molecule has 0 spiro atoms. The molecule has 4 aromatic rings. The number of amides is 1. The van der Waals surface area contributed by atoms with Gasteiger partial charge in [-0.1, -0.05) is 53.7 Å². The van der Waals surface area contributed by atoms with Gasteiger partial charge in [-0.25, -0.2) is 4.98 Å². The summed E-state index contributed by atoms with van der Waals surface area (Å²) in [7, 11) is 0. The largest absolute Gasteiger partial charge is 0.492 e. The van der Waals surface area contributed by atoms with Crippen LogP contribution in [0.15, 0.2) is 63.9 Å². The van der Waals surface area contributed by atoms with Gasteiger partial charge in [-0.2, -0.15) is 0 Å². The Morgan fingerprint density at radius 1 is 1.22 bits per heavy atom. The second-order valence-electron chi connectivity index (χ2n) is 7.25. The summed E-state index contributed by atoms with van der Waals surface area (Å²) in [5, 5.41) is 5.37. The van der Waals surface area contributed by atoms with Gasteiger partial charge in [-0.3, -0.25) is 9.59 Å². The third-order valence-electron chi connectivity index (χ3n) is 4.89. The van der Waals surface area contributed by atoms with Crippen molar-refractivity contribution in [3.05, 3.63) is 69.8 Å². The van der Waals surface area contributed by atoms with Crippen molar-refractivity contribution in [2.45, 2.75) is 31.2 Å². The fourth-order valence-corrected chi connectivity index (χ4v) is 5.04. The standard InChI is InChI=1S/C24H23N3O3S2/c1-4-30-19-8-6-5-7-18(19)25-21(28)15(3)32-24-26-22(29)20-17(13-31-23(20)27-24)16-11-9-14(2)10-12-16/h5-13,15H,4H2,1-3H3,(H,25,28)(H,26,27,29). The number of hydrogen-bond acceptors (Lipinski definition) is 6. The minimum absolute atomic E-state index is 0.198. The molecule has 4 rings (SSSR count). The fraction of sp³-hybridized carbons (Fsp3) is 0.208. The Kier molecular flexibility index (Phi) is 6.62. The number of anilines is 1. The average Bonchev–Trinajstić information content (AvgIpc) is 3.20. The number of rotatable bonds is 7. The number of H-pyrrole nitrogens is 1. The summed E-state index contributed by atoms with van der Waals surface area (Å²) in [6.07, 6.45) is 0. The lowest BCUT2D eigenvalue weighted by molar-refractivity contribution is -0.115. The maximum Gasteiger partial charge on any atom is 0.260 e. The van der Waals surface area contributed by atoms with E-state index in [1.54, 1.807) is 13.0 Å². The minimum Gasteiger partial charge on any atom is -0.492 e. The van der Waals surface area contributed by atoms with Crippen molar-refractivity contribution in [3.63, 3.8) is 0 Å². The van der Waals surface area contributed by atoms with Gasteiger partial charge in [0, 0.05) is 10.9 Å². The van der Waals surface area contributed by atoms with Gasteiger partial charge in [-0.15, -0.1) is 11.3 Å². The molecule has 2 aromatic carbocycles. The quantitative estimate of drug-likeness (QED) is 0.279. The van der Waals surface area contributed by atoms with Crippen molar-refractivity contribution in [2.24, 2.45) is 0 Å². The molecule has 0 aliphatic heterocycles. The Labute approximate surface area is 194 Å². The predicted molar refractivity (Wildman–Crippen MR) is 132 cm³/mol. The highest BCUT2D eigenvalue weighted by molar-refractivity contribution is 8.00. The first-order chi connectivity index (χ1) is 15.5. The van der Waals surface area contributed by atoms with E-state index in [0.717, 1.165) is 16.7 Å². The van der Waals surface area contributed by atoms with Crippen LogP contribution in [0.5, 0.6) is 5.75 Å². The molecule has 2 aromatic heterocycles. The average molecular weight is 466 g/mol. The molecule has 2 N–H and O–H groups in total. The number of carbonyl (C=O) groups is 1. The molecule has 0 aliphatic rings. The molecule has 0 fully saturated rings. The maximum atomic E-state index is 12.9. The molecule has 0 bridgehead atoms. The molecule has 164 valence electrons. The Morgan fingerprint density at radius 2 is 1.97 bits per heavy atom. The molecule has 1 atom stereocenters. The zero-order valence-corrected chi connectivity index (χ0v) is 19.6. The Bertz CT molecular complexity index is 1310.